The molecule has 0 amide bonds. The first-order valence-electron chi connectivity index (χ1n) is 5.38. The number of hydrogen-bond donors (Lipinski definition) is 0. The zero-order valence-electron chi connectivity index (χ0n) is 10.5. The van der Waals surface area contributed by atoms with E-state index in [9.17, 15) is 9.59 Å². The summed E-state index contributed by atoms with van der Waals surface area (Å²) in [4.78, 5) is 26.8. The zero-order chi connectivity index (χ0) is 15.1. The normalized spacial score (nSPS) is 8.10. The predicted octanol–water partition coefficient (Wildman–Crippen LogP) is 1.95. The number of aliphatic imine (C=N–C) groups is 2. The molecule has 0 unspecified atom stereocenters. The molecule has 0 saturated carbocycles. The lowest BCUT2D eigenvalue weighted by atomic mass is 10.1. The van der Waals surface area contributed by atoms with Crippen molar-refractivity contribution in [1.29, 1.82) is 10.5 Å². The van der Waals surface area contributed by atoms with E-state index in [4.69, 9.17) is 10.5 Å². The van der Waals surface area contributed by atoms with E-state index in [1.54, 1.807) is 12.1 Å². The summed E-state index contributed by atoms with van der Waals surface area (Å²) in [6.45, 7) is 0.544. The minimum Gasteiger partial charge on any atom is -0.211 e. The Morgan fingerprint density at radius 1 is 0.900 bits per heavy atom. The van der Waals surface area contributed by atoms with Gasteiger partial charge >= 0.3 is 0 Å². The number of nitriles is 2. The van der Waals surface area contributed by atoms with E-state index in [1.807, 2.05) is 24.3 Å². The Hall–Kier alpha value is -3.30. The fraction of sp³-hybridized carbons (Fsp3) is 0.143. The molecule has 0 N–H and O–H groups in total. The van der Waals surface area contributed by atoms with Crippen molar-refractivity contribution in [1.82, 2.24) is 0 Å². The summed E-state index contributed by atoms with van der Waals surface area (Å²) in [6, 6.07) is 10.7. The van der Waals surface area contributed by atoms with E-state index < -0.39 is 0 Å². The highest BCUT2D eigenvalue weighted by molar-refractivity contribution is 5.37. The lowest BCUT2D eigenvalue weighted by Gasteiger charge is -2.01. The summed E-state index contributed by atoms with van der Waals surface area (Å²) < 4.78 is 0. The molecule has 0 heterocycles. The van der Waals surface area contributed by atoms with Crippen LogP contribution in [0, 0.1) is 22.7 Å². The molecule has 0 aliphatic carbocycles. The highest BCUT2D eigenvalue weighted by Crippen LogP contribution is 2.10. The van der Waals surface area contributed by atoms with E-state index in [0.717, 1.165) is 23.3 Å². The van der Waals surface area contributed by atoms with Crippen molar-refractivity contribution in [3.8, 4) is 12.1 Å². The van der Waals surface area contributed by atoms with Crippen LogP contribution in [0.4, 0.5) is 0 Å². The number of allylic oxidation sites excluding steroid dienone is 2. The van der Waals surface area contributed by atoms with Crippen LogP contribution in [0.25, 0.3) is 0 Å². The molecule has 20 heavy (non-hydrogen) atoms. The average Bonchev–Trinajstić information content (AvgIpc) is 2.50. The second-order valence-electron chi connectivity index (χ2n) is 3.18. The SMILES string of the molecule is N#CC=CC#N.O=C=NCc1ccccc1CN=C=O. The molecule has 6 nitrogen and oxygen atoms in total. The number of rotatable bonds is 4. The van der Waals surface area contributed by atoms with Crippen LogP contribution in [0.15, 0.2) is 46.4 Å². The maximum atomic E-state index is 9.93. The average molecular weight is 266 g/mol. The molecule has 1 aromatic rings. The van der Waals surface area contributed by atoms with Crippen LogP contribution in [0.2, 0.25) is 0 Å². The lowest BCUT2D eigenvalue weighted by Crippen LogP contribution is -1.90. The molecule has 0 aliphatic rings. The maximum absolute atomic E-state index is 9.93. The van der Waals surface area contributed by atoms with Crippen molar-refractivity contribution in [3.05, 3.63) is 47.5 Å². The van der Waals surface area contributed by atoms with Crippen molar-refractivity contribution in [3.63, 3.8) is 0 Å². The Bertz CT molecular complexity index is 570. The third-order valence-electron chi connectivity index (χ3n) is 1.98. The Balaban J connectivity index is 0.000000511. The Morgan fingerprint density at radius 2 is 1.30 bits per heavy atom. The number of carbonyl (C=O) groups excluding carboxylic acids is 2. The van der Waals surface area contributed by atoms with Crippen LogP contribution >= 0.6 is 0 Å². The van der Waals surface area contributed by atoms with Gasteiger partial charge in [0.05, 0.1) is 25.2 Å². The van der Waals surface area contributed by atoms with E-state index >= 15 is 0 Å². The van der Waals surface area contributed by atoms with Gasteiger partial charge in [0.15, 0.2) is 0 Å². The molecule has 0 aromatic heterocycles. The third-order valence-corrected chi connectivity index (χ3v) is 1.98. The Labute approximate surface area is 116 Å². The molecule has 0 fully saturated rings. The van der Waals surface area contributed by atoms with Crippen LogP contribution < -0.4 is 0 Å². The van der Waals surface area contributed by atoms with Crippen LogP contribution in [0.1, 0.15) is 11.1 Å². The van der Waals surface area contributed by atoms with Gasteiger partial charge in [-0.1, -0.05) is 24.3 Å². The molecule has 0 radical (unpaired) electrons. The van der Waals surface area contributed by atoms with Gasteiger partial charge < -0.3 is 0 Å². The first-order valence-corrected chi connectivity index (χ1v) is 5.38. The number of nitrogens with zero attached hydrogens (tertiary/aromatic N) is 4. The second kappa shape index (κ2) is 12.2. The Morgan fingerprint density at radius 3 is 1.60 bits per heavy atom. The summed E-state index contributed by atoms with van der Waals surface area (Å²) >= 11 is 0. The molecule has 0 spiro atoms. The molecular weight excluding hydrogens is 256 g/mol. The van der Waals surface area contributed by atoms with E-state index in [0.29, 0.717) is 0 Å². The fourth-order valence-electron chi connectivity index (χ4n) is 1.18. The van der Waals surface area contributed by atoms with Gasteiger partial charge in [0.25, 0.3) is 0 Å². The third kappa shape index (κ3) is 7.89. The van der Waals surface area contributed by atoms with E-state index in [-0.39, 0.29) is 13.1 Å². The molecule has 1 aromatic carbocycles. The number of benzene rings is 1. The second-order valence-corrected chi connectivity index (χ2v) is 3.18. The number of isocyanates is 2. The van der Waals surface area contributed by atoms with Crippen LogP contribution in [-0.2, 0) is 22.7 Å². The molecule has 0 atom stereocenters. The summed E-state index contributed by atoms with van der Waals surface area (Å²) in [7, 11) is 0. The largest absolute Gasteiger partial charge is 0.235 e. The van der Waals surface area contributed by atoms with Crippen molar-refractivity contribution in [2.45, 2.75) is 13.1 Å². The summed E-state index contributed by atoms with van der Waals surface area (Å²) in [5.41, 5.74) is 1.74. The van der Waals surface area contributed by atoms with Crippen molar-refractivity contribution in [2.75, 3.05) is 0 Å². The topological polar surface area (TPSA) is 106 Å². The van der Waals surface area contributed by atoms with Gasteiger partial charge in [0.1, 0.15) is 0 Å². The van der Waals surface area contributed by atoms with Gasteiger partial charge in [-0.3, -0.25) is 0 Å². The first kappa shape index (κ1) is 16.7. The van der Waals surface area contributed by atoms with Crippen LogP contribution in [0.3, 0.4) is 0 Å². The molecule has 6 heteroatoms. The van der Waals surface area contributed by atoms with Crippen molar-refractivity contribution in [2.24, 2.45) is 9.98 Å². The van der Waals surface area contributed by atoms with Gasteiger partial charge in [0, 0.05) is 12.2 Å². The molecule has 1 rings (SSSR count). The monoisotopic (exact) mass is 266 g/mol. The zero-order valence-corrected chi connectivity index (χ0v) is 10.5. The van der Waals surface area contributed by atoms with E-state index in [2.05, 4.69) is 9.98 Å². The molecule has 0 bridgehead atoms. The standard InChI is InChI=1S/C10H8N2O2.C4H2N2/c13-7-11-5-9-3-1-2-4-10(9)6-12-8-14;5-3-1-2-4-6/h1-4H,5-6H2;1-2H. The lowest BCUT2D eigenvalue weighted by molar-refractivity contribution is 0.561. The minimum absolute atomic E-state index is 0.272. The highest BCUT2D eigenvalue weighted by atomic mass is 16.1. The van der Waals surface area contributed by atoms with Gasteiger partial charge in [-0.2, -0.15) is 10.5 Å². The van der Waals surface area contributed by atoms with Gasteiger partial charge in [0.2, 0.25) is 12.2 Å². The smallest absolute Gasteiger partial charge is 0.211 e. The predicted molar refractivity (Wildman–Crippen MR) is 70.5 cm³/mol. The highest BCUT2D eigenvalue weighted by Gasteiger charge is 1.99. The minimum atomic E-state index is 0.272. The summed E-state index contributed by atoms with van der Waals surface area (Å²) in [5.74, 6) is 0. The molecular formula is C14H10N4O2. The van der Waals surface area contributed by atoms with Crippen LogP contribution in [-0.4, -0.2) is 12.2 Å². The quantitative estimate of drug-likeness (QED) is 0.471. The molecule has 0 aliphatic heterocycles. The fourth-order valence-corrected chi connectivity index (χ4v) is 1.18. The van der Waals surface area contributed by atoms with Gasteiger partial charge in [-0.05, 0) is 11.1 Å². The molecule has 0 saturated heterocycles. The maximum Gasteiger partial charge on any atom is 0.235 e. The number of hydrogen-bond acceptors (Lipinski definition) is 6. The van der Waals surface area contributed by atoms with Crippen molar-refractivity contribution >= 4 is 12.2 Å². The summed E-state index contributed by atoms with van der Waals surface area (Å²) in [5, 5.41) is 15.4. The first-order chi connectivity index (χ1) is 9.79. The van der Waals surface area contributed by atoms with E-state index in [1.165, 1.54) is 12.2 Å². The van der Waals surface area contributed by atoms with Gasteiger partial charge in [-0.25, -0.2) is 19.6 Å². The molecule has 98 valence electrons. The summed E-state index contributed by atoms with van der Waals surface area (Å²) in [6.07, 6.45) is 5.18. The van der Waals surface area contributed by atoms with Crippen LogP contribution in [0.5, 0.6) is 0 Å². The van der Waals surface area contributed by atoms with Crippen molar-refractivity contribution < 1.29 is 9.59 Å². The Kier molecular flexibility index (Phi) is 10.2. The van der Waals surface area contributed by atoms with Gasteiger partial charge in [-0.15, -0.1) is 0 Å².